The average Bonchev–Trinajstić information content (AvgIpc) is 2.95. The highest BCUT2D eigenvalue weighted by Crippen LogP contribution is 2.24. The summed E-state index contributed by atoms with van der Waals surface area (Å²) in [7, 11) is 0. The fraction of sp³-hybridized carbons (Fsp3) is 0.312. The third-order valence-corrected chi connectivity index (χ3v) is 6.26. The SMILES string of the molecule is C=CC(=O)OCC(O)CCCOc1ccc(C(=O)Oc2ccc(-c3ccc(CC(C)CC)cc3)cc2)cc1. The van der Waals surface area contributed by atoms with Crippen LogP contribution in [0.3, 0.4) is 0 Å². The van der Waals surface area contributed by atoms with Crippen LogP contribution in [0, 0.1) is 5.92 Å². The van der Waals surface area contributed by atoms with Crippen molar-refractivity contribution in [1.82, 2.24) is 0 Å². The summed E-state index contributed by atoms with van der Waals surface area (Å²) in [5.74, 6) is 0.745. The number of ether oxygens (including phenoxy) is 3. The minimum absolute atomic E-state index is 0.0734. The van der Waals surface area contributed by atoms with Gasteiger partial charge in [-0.1, -0.05) is 63.2 Å². The molecule has 0 aliphatic carbocycles. The smallest absolute Gasteiger partial charge is 0.343 e. The molecule has 0 aliphatic rings. The van der Waals surface area contributed by atoms with Crippen molar-refractivity contribution in [1.29, 1.82) is 0 Å². The Morgan fingerprint density at radius 2 is 1.53 bits per heavy atom. The van der Waals surface area contributed by atoms with Gasteiger partial charge in [0.2, 0.25) is 0 Å². The Hall–Kier alpha value is -3.90. The van der Waals surface area contributed by atoms with Crippen LogP contribution in [0.5, 0.6) is 11.5 Å². The molecule has 0 aromatic heterocycles. The third-order valence-electron chi connectivity index (χ3n) is 6.26. The van der Waals surface area contributed by atoms with E-state index >= 15 is 0 Å². The van der Waals surface area contributed by atoms with Crippen LogP contribution in [-0.2, 0) is 16.0 Å². The molecule has 3 rings (SSSR count). The van der Waals surface area contributed by atoms with Crippen LogP contribution in [0.1, 0.15) is 49.0 Å². The molecule has 1 N–H and O–H groups in total. The van der Waals surface area contributed by atoms with Crippen molar-refractivity contribution >= 4 is 11.9 Å². The lowest BCUT2D eigenvalue weighted by Gasteiger charge is -2.11. The highest BCUT2D eigenvalue weighted by atomic mass is 16.5. The Balaban J connectivity index is 1.44. The van der Waals surface area contributed by atoms with E-state index < -0.39 is 18.0 Å². The first kappa shape index (κ1) is 28.7. The standard InChI is InChI=1S/C32H36O6/c1-4-23(3)21-24-8-10-25(11-9-24)26-12-18-30(19-13-26)38-32(35)27-14-16-29(17-15-27)36-20-6-7-28(33)22-37-31(34)5-2/h5,8-19,23,28,33H,2,4,6-7,20-22H2,1,3H3. The molecule has 38 heavy (non-hydrogen) atoms. The van der Waals surface area contributed by atoms with Crippen LogP contribution in [0.25, 0.3) is 11.1 Å². The number of aliphatic hydroxyl groups is 1. The van der Waals surface area contributed by atoms with Gasteiger partial charge < -0.3 is 19.3 Å². The van der Waals surface area contributed by atoms with Gasteiger partial charge in [-0.05, 0) is 78.3 Å². The Morgan fingerprint density at radius 1 is 0.921 bits per heavy atom. The molecule has 0 radical (unpaired) electrons. The van der Waals surface area contributed by atoms with Gasteiger partial charge in [-0.15, -0.1) is 0 Å². The highest BCUT2D eigenvalue weighted by Gasteiger charge is 2.10. The molecular formula is C32H36O6. The summed E-state index contributed by atoms with van der Waals surface area (Å²) >= 11 is 0. The Morgan fingerprint density at radius 3 is 2.13 bits per heavy atom. The maximum Gasteiger partial charge on any atom is 0.343 e. The number of carbonyl (C=O) groups excluding carboxylic acids is 2. The van der Waals surface area contributed by atoms with Crippen LogP contribution in [0.2, 0.25) is 0 Å². The summed E-state index contributed by atoms with van der Waals surface area (Å²) in [5, 5.41) is 9.81. The second-order valence-corrected chi connectivity index (χ2v) is 9.33. The largest absolute Gasteiger partial charge is 0.494 e. The third kappa shape index (κ3) is 9.20. The lowest BCUT2D eigenvalue weighted by Crippen LogP contribution is -2.18. The zero-order chi connectivity index (χ0) is 27.3. The lowest BCUT2D eigenvalue weighted by atomic mass is 9.97. The molecule has 0 spiro atoms. The van der Waals surface area contributed by atoms with Crippen molar-refractivity contribution in [2.24, 2.45) is 5.92 Å². The van der Waals surface area contributed by atoms with Gasteiger partial charge in [-0.25, -0.2) is 9.59 Å². The predicted octanol–water partition coefficient (Wildman–Crippen LogP) is 6.41. The van der Waals surface area contributed by atoms with Crippen LogP contribution in [0.15, 0.2) is 85.5 Å². The van der Waals surface area contributed by atoms with E-state index in [2.05, 4.69) is 44.7 Å². The second kappa shape index (κ2) is 14.7. The first-order valence-electron chi connectivity index (χ1n) is 13.0. The fourth-order valence-corrected chi connectivity index (χ4v) is 3.78. The topological polar surface area (TPSA) is 82.1 Å². The molecule has 2 atom stereocenters. The van der Waals surface area contributed by atoms with Crippen molar-refractivity contribution < 1.29 is 28.9 Å². The van der Waals surface area contributed by atoms with Gasteiger partial charge in [0.1, 0.15) is 18.1 Å². The van der Waals surface area contributed by atoms with Gasteiger partial charge in [-0.2, -0.15) is 0 Å². The summed E-state index contributed by atoms with van der Waals surface area (Å²) in [6.45, 7) is 8.09. The van der Waals surface area contributed by atoms with E-state index in [4.69, 9.17) is 14.2 Å². The molecule has 6 heteroatoms. The van der Waals surface area contributed by atoms with E-state index in [0.29, 0.717) is 42.4 Å². The number of benzene rings is 3. The molecular weight excluding hydrogens is 480 g/mol. The maximum absolute atomic E-state index is 12.6. The molecule has 3 aromatic carbocycles. The van der Waals surface area contributed by atoms with E-state index in [9.17, 15) is 14.7 Å². The quantitative estimate of drug-likeness (QED) is 0.115. The fourth-order valence-electron chi connectivity index (χ4n) is 3.78. The number of hydrogen-bond donors (Lipinski definition) is 1. The van der Waals surface area contributed by atoms with Crippen molar-refractivity contribution in [2.75, 3.05) is 13.2 Å². The molecule has 0 amide bonds. The monoisotopic (exact) mass is 516 g/mol. The number of carbonyl (C=O) groups is 2. The normalized spacial score (nSPS) is 12.3. The molecule has 0 saturated heterocycles. The summed E-state index contributed by atoms with van der Waals surface area (Å²) in [6, 6.07) is 22.8. The Bertz CT molecular complexity index is 1170. The summed E-state index contributed by atoms with van der Waals surface area (Å²) in [5.41, 5.74) is 3.94. The van der Waals surface area contributed by atoms with E-state index in [1.54, 1.807) is 36.4 Å². The molecule has 0 fully saturated rings. The molecule has 2 unspecified atom stereocenters. The van der Waals surface area contributed by atoms with E-state index in [1.165, 1.54) is 12.0 Å². The minimum atomic E-state index is -0.756. The van der Waals surface area contributed by atoms with Gasteiger partial charge in [0.05, 0.1) is 18.3 Å². The number of aliphatic hydroxyl groups excluding tert-OH is 1. The highest BCUT2D eigenvalue weighted by molar-refractivity contribution is 5.91. The van der Waals surface area contributed by atoms with Gasteiger partial charge in [0.15, 0.2) is 0 Å². The van der Waals surface area contributed by atoms with Crippen LogP contribution in [0.4, 0.5) is 0 Å². The van der Waals surface area contributed by atoms with Crippen molar-refractivity contribution in [3.8, 4) is 22.6 Å². The Labute approximate surface area is 224 Å². The van der Waals surface area contributed by atoms with E-state index in [0.717, 1.165) is 23.6 Å². The molecule has 200 valence electrons. The number of esters is 2. The molecule has 0 aliphatic heterocycles. The zero-order valence-electron chi connectivity index (χ0n) is 22.1. The van der Waals surface area contributed by atoms with Crippen molar-refractivity contribution in [3.63, 3.8) is 0 Å². The first-order chi connectivity index (χ1) is 18.4. The summed E-state index contributed by atoms with van der Waals surface area (Å²) in [4.78, 5) is 23.6. The lowest BCUT2D eigenvalue weighted by molar-refractivity contribution is -0.140. The summed E-state index contributed by atoms with van der Waals surface area (Å²) < 4.78 is 16.0. The maximum atomic E-state index is 12.6. The zero-order valence-corrected chi connectivity index (χ0v) is 22.1. The number of hydrogen-bond acceptors (Lipinski definition) is 6. The van der Waals surface area contributed by atoms with Gasteiger partial charge >= 0.3 is 11.9 Å². The van der Waals surface area contributed by atoms with E-state index in [-0.39, 0.29) is 6.61 Å². The predicted molar refractivity (Wildman–Crippen MR) is 148 cm³/mol. The average molecular weight is 517 g/mol. The molecule has 0 bridgehead atoms. The molecule has 6 nitrogen and oxygen atoms in total. The van der Waals surface area contributed by atoms with Crippen LogP contribution < -0.4 is 9.47 Å². The first-order valence-corrected chi connectivity index (χ1v) is 13.0. The van der Waals surface area contributed by atoms with Gasteiger partial charge in [0, 0.05) is 6.08 Å². The van der Waals surface area contributed by atoms with Gasteiger partial charge in [-0.3, -0.25) is 0 Å². The molecule has 0 heterocycles. The minimum Gasteiger partial charge on any atom is -0.494 e. The van der Waals surface area contributed by atoms with Gasteiger partial charge in [0.25, 0.3) is 0 Å². The van der Waals surface area contributed by atoms with Crippen LogP contribution >= 0.6 is 0 Å². The summed E-state index contributed by atoms with van der Waals surface area (Å²) in [6.07, 6.45) is 3.56. The Kier molecular flexibility index (Phi) is 11.1. The number of rotatable bonds is 14. The van der Waals surface area contributed by atoms with Crippen LogP contribution in [-0.4, -0.2) is 36.4 Å². The second-order valence-electron chi connectivity index (χ2n) is 9.33. The van der Waals surface area contributed by atoms with Crippen molar-refractivity contribution in [2.45, 2.75) is 45.6 Å². The molecule has 3 aromatic rings. The molecule has 0 saturated carbocycles. The van der Waals surface area contributed by atoms with E-state index in [1.807, 2.05) is 12.1 Å². The van der Waals surface area contributed by atoms with Crippen molar-refractivity contribution in [3.05, 3.63) is 96.6 Å².